The number of hydrogen-bond donors (Lipinski definition) is 2. The normalized spacial score (nSPS) is 28.4. The lowest BCUT2D eigenvalue weighted by atomic mass is 9.72. The molecule has 0 heterocycles. The fraction of sp³-hybridized carbons (Fsp3) is 0.500. The van der Waals surface area contributed by atoms with Gasteiger partial charge in [0.15, 0.2) is 0 Å². The van der Waals surface area contributed by atoms with E-state index in [2.05, 4.69) is 0 Å². The molecule has 88 valence electrons. The van der Waals surface area contributed by atoms with E-state index in [1.807, 2.05) is 12.1 Å². The maximum atomic E-state index is 10.3. The van der Waals surface area contributed by atoms with Crippen LogP contribution in [-0.2, 0) is 5.60 Å². The number of aliphatic hydroxyl groups is 1. The van der Waals surface area contributed by atoms with Crippen molar-refractivity contribution < 1.29 is 14.6 Å². The van der Waals surface area contributed by atoms with Gasteiger partial charge in [-0.2, -0.15) is 0 Å². The van der Waals surface area contributed by atoms with Gasteiger partial charge in [-0.25, -0.2) is 0 Å². The molecule has 1 aromatic carbocycles. The highest BCUT2D eigenvalue weighted by atomic mass is 16.5. The monoisotopic (exact) mass is 223 g/mol. The first-order chi connectivity index (χ1) is 7.57. The van der Waals surface area contributed by atoms with Crippen LogP contribution in [0.4, 0.5) is 0 Å². The molecule has 0 spiro atoms. The third-order valence-electron chi connectivity index (χ3n) is 3.09. The van der Waals surface area contributed by atoms with Crippen LogP contribution in [0.1, 0.15) is 18.4 Å². The van der Waals surface area contributed by atoms with Gasteiger partial charge in [0.25, 0.3) is 0 Å². The van der Waals surface area contributed by atoms with Crippen molar-refractivity contribution in [1.29, 1.82) is 0 Å². The highest BCUT2D eigenvalue weighted by Gasteiger charge is 2.42. The molecule has 4 nitrogen and oxygen atoms in total. The van der Waals surface area contributed by atoms with E-state index < -0.39 is 5.60 Å². The fourth-order valence-corrected chi connectivity index (χ4v) is 2.12. The lowest BCUT2D eigenvalue weighted by Crippen LogP contribution is -2.49. The Labute approximate surface area is 95.0 Å². The molecule has 1 aromatic rings. The van der Waals surface area contributed by atoms with Crippen molar-refractivity contribution in [2.24, 2.45) is 5.73 Å². The second kappa shape index (κ2) is 3.96. The predicted octanol–water partition coefficient (Wildman–Crippen LogP) is 1.01. The third kappa shape index (κ3) is 1.86. The topological polar surface area (TPSA) is 64.7 Å². The van der Waals surface area contributed by atoms with E-state index in [1.165, 1.54) is 0 Å². The summed E-state index contributed by atoms with van der Waals surface area (Å²) in [5, 5.41) is 10.3. The molecule has 0 radical (unpaired) electrons. The minimum Gasteiger partial charge on any atom is -0.497 e. The van der Waals surface area contributed by atoms with E-state index in [9.17, 15) is 5.11 Å². The molecule has 3 N–H and O–H groups in total. The lowest BCUT2D eigenvalue weighted by Gasteiger charge is -2.42. The highest BCUT2D eigenvalue weighted by Crippen LogP contribution is 2.42. The molecule has 0 amide bonds. The third-order valence-corrected chi connectivity index (χ3v) is 3.09. The van der Waals surface area contributed by atoms with Gasteiger partial charge in [0.1, 0.15) is 11.5 Å². The Kier molecular flexibility index (Phi) is 2.78. The van der Waals surface area contributed by atoms with Crippen LogP contribution in [0.5, 0.6) is 11.5 Å². The molecule has 2 rings (SSSR count). The van der Waals surface area contributed by atoms with Crippen molar-refractivity contribution in [3.05, 3.63) is 23.8 Å². The summed E-state index contributed by atoms with van der Waals surface area (Å²) in [6, 6.07) is 5.52. The van der Waals surface area contributed by atoms with Crippen LogP contribution in [0, 0.1) is 0 Å². The van der Waals surface area contributed by atoms with Gasteiger partial charge in [-0.15, -0.1) is 0 Å². The highest BCUT2D eigenvalue weighted by molar-refractivity contribution is 5.42. The van der Waals surface area contributed by atoms with Gasteiger partial charge in [0.2, 0.25) is 0 Å². The number of rotatable bonds is 3. The van der Waals surface area contributed by atoms with Crippen molar-refractivity contribution in [3.8, 4) is 11.5 Å². The molecule has 0 saturated heterocycles. The molecule has 4 heteroatoms. The molecule has 0 aromatic heterocycles. The Balaban J connectivity index is 2.33. The van der Waals surface area contributed by atoms with Gasteiger partial charge in [-0.05, 0) is 30.5 Å². The van der Waals surface area contributed by atoms with Crippen LogP contribution in [-0.4, -0.2) is 25.4 Å². The largest absolute Gasteiger partial charge is 0.497 e. The molecular formula is C12H17NO3. The first-order valence-electron chi connectivity index (χ1n) is 5.29. The Morgan fingerprint density at radius 3 is 2.06 bits per heavy atom. The van der Waals surface area contributed by atoms with E-state index in [0.717, 1.165) is 5.56 Å². The van der Waals surface area contributed by atoms with Gasteiger partial charge in [0, 0.05) is 12.1 Å². The van der Waals surface area contributed by atoms with Gasteiger partial charge >= 0.3 is 0 Å². The molecule has 0 unspecified atom stereocenters. The number of methoxy groups -OCH3 is 2. The van der Waals surface area contributed by atoms with E-state index >= 15 is 0 Å². The predicted molar refractivity (Wildman–Crippen MR) is 60.7 cm³/mol. The summed E-state index contributed by atoms with van der Waals surface area (Å²) in [6.07, 6.45) is 1.17. The van der Waals surface area contributed by atoms with Crippen molar-refractivity contribution in [2.75, 3.05) is 14.2 Å². The summed E-state index contributed by atoms with van der Waals surface area (Å²) < 4.78 is 10.3. The van der Waals surface area contributed by atoms with Gasteiger partial charge in [0.05, 0.1) is 19.8 Å². The summed E-state index contributed by atoms with van der Waals surface area (Å²) in [4.78, 5) is 0. The Bertz CT molecular complexity index is 364. The maximum absolute atomic E-state index is 10.3. The Morgan fingerprint density at radius 1 is 1.19 bits per heavy atom. The SMILES string of the molecule is COc1cc(OC)cc(C2(O)CC(N)C2)c1. The maximum Gasteiger partial charge on any atom is 0.122 e. The lowest BCUT2D eigenvalue weighted by molar-refractivity contribution is -0.0525. The minimum atomic E-state index is -0.818. The summed E-state index contributed by atoms with van der Waals surface area (Å²) in [5.74, 6) is 1.37. The van der Waals surface area contributed by atoms with Crippen LogP contribution in [0.25, 0.3) is 0 Å². The number of hydrogen-bond acceptors (Lipinski definition) is 4. The molecule has 1 aliphatic rings. The molecule has 0 bridgehead atoms. The van der Waals surface area contributed by atoms with Gasteiger partial charge in [-0.3, -0.25) is 0 Å². The molecule has 16 heavy (non-hydrogen) atoms. The van der Waals surface area contributed by atoms with Crippen molar-refractivity contribution in [1.82, 2.24) is 0 Å². The molecular weight excluding hydrogens is 206 g/mol. The first kappa shape index (κ1) is 11.2. The zero-order chi connectivity index (χ0) is 11.8. The van der Waals surface area contributed by atoms with Crippen LogP contribution < -0.4 is 15.2 Å². The van der Waals surface area contributed by atoms with E-state index in [1.54, 1.807) is 20.3 Å². The van der Waals surface area contributed by atoms with Crippen LogP contribution >= 0.6 is 0 Å². The number of nitrogens with two attached hydrogens (primary N) is 1. The smallest absolute Gasteiger partial charge is 0.122 e. The van der Waals surface area contributed by atoms with Crippen molar-refractivity contribution in [2.45, 2.75) is 24.5 Å². The van der Waals surface area contributed by atoms with Gasteiger partial charge in [-0.1, -0.05) is 0 Å². The van der Waals surface area contributed by atoms with E-state index in [-0.39, 0.29) is 6.04 Å². The Morgan fingerprint density at radius 2 is 1.69 bits per heavy atom. The number of benzene rings is 1. The van der Waals surface area contributed by atoms with E-state index in [4.69, 9.17) is 15.2 Å². The molecule has 1 saturated carbocycles. The average molecular weight is 223 g/mol. The molecule has 1 fully saturated rings. The summed E-state index contributed by atoms with van der Waals surface area (Å²) in [7, 11) is 3.18. The summed E-state index contributed by atoms with van der Waals surface area (Å²) in [6.45, 7) is 0. The van der Waals surface area contributed by atoms with Crippen molar-refractivity contribution in [3.63, 3.8) is 0 Å². The number of ether oxygens (including phenoxy) is 2. The standard InChI is InChI=1S/C12H17NO3/c1-15-10-3-8(4-11(5-10)16-2)12(14)6-9(13)7-12/h3-5,9,14H,6-7,13H2,1-2H3. The van der Waals surface area contributed by atoms with Gasteiger partial charge < -0.3 is 20.3 Å². The molecule has 0 atom stereocenters. The van der Waals surface area contributed by atoms with E-state index in [0.29, 0.717) is 24.3 Å². The van der Waals surface area contributed by atoms with Crippen LogP contribution in [0.2, 0.25) is 0 Å². The van der Waals surface area contributed by atoms with Crippen LogP contribution in [0.3, 0.4) is 0 Å². The summed E-state index contributed by atoms with van der Waals surface area (Å²) >= 11 is 0. The van der Waals surface area contributed by atoms with Crippen molar-refractivity contribution >= 4 is 0 Å². The summed E-state index contributed by atoms with van der Waals surface area (Å²) in [5.41, 5.74) is 5.70. The average Bonchev–Trinajstić information content (AvgIpc) is 2.26. The zero-order valence-electron chi connectivity index (χ0n) is 9.56. The second-order valence-electron chi connectivity index (χ2n) is 4.30. The second-order valence-corrected chi connectivity index (χ2v) is 4.30. The fourth-order valence-electron chi connectivity index (χ4n) is 2.12. The quantitative estimate of drug-likeness (QED) is 0.802. The molecule has 0 aliphatic heterocycles. The first-order valence-corrected chi connectivity index (χ1v) is 5.29. The van der Waals surface area contributed by atoms with Crippen LogP contribution in [0.15, 0.2) is 18.2 Å². The Hall–Kier alpha value is -1.26. The zero-order valence-corrected chi connectivity index (χ0v) is 9.56. The minimum absolute atomic E-state index is 0.0854. The molecule has 1 aliphatic carbocycles.